The molecule has 9 nitrogen and oxygen atoms in total. The summed E-state index contributed by atoms with van der Waals surface area (Å²) in [6.07, 6.45) is 6.35. The number of barbiturate groups is 1. The van der Waals surface area contributed by atoms with Gasteiger partial charge in [-0.15, -0.1) is 0 Å². The second-order valence-corrected chi connectivity index (χ2v) is 7.10. The van der Waals surface area contributed by atoms with Gasteiger partial charge in [-0.2, -0.15) is 0 Å². The van der Waals surface area contributed by atoms with Gasteiger partial charge in [-0.3, -0.25) is 24.3 Å². The average Bonchev–Trinajstić information content (AvgIpc) is 3.00. The van der Waals surface area contributed by atoms with Gasteiger partial charge in [-0.1, -0.05) is 39.5 Å². The van der Waals surface area contributed by atoms with Crippen molar-refractivity contribution in [2.24, 2.45) is 5.16 Å². The maximum absolute atomic E-state index is 12.8. The summed E-state index contributed by atoms with van der Waals surface area (Å²) in [6.45, 7) is 5.82. The summed E-state index contributed by atoms with van der Waals surface area (Å²) >= 11 is 0. The van der Waals surface area contributed by atoms with E-state index in [1.54, 1.807) is 7.05 Å². The first-order valence-electron chi connectivity index (χ1n) is 9.68. The van der Waals surface area contributed by atoms with E-state index in [1.807, 2.05) is 0 Å². The SMILES string of the molecule is CCCCCN(CCCCC)C1=NOC2(C(=O)N(C)C(=O)N(C)C2=O)N1C. The molecule has 0 saturated carbocycles. The Morgan fingerprint density at radius 2 is 1.37 bits per heavy atom. The molecule has 152 valence electrons. The summed E-state index contributed by atoms with van der Waals surface area (Å²) in [4.78, 5) is 48.5. The number of nitrogens with zero attached hydrogens (tertiary/aromatic N) is 5. The van der Waals surface area contributed by atoms with Gasteiger partial charge in [0.1, 0.15) is 0 Å². The van der Waals surface area contributed by atoms with Crippen LogP contribution in [-0.4, -0.2) is 83.4 Å². The molecule has 2 heterocycles. The predicted molar refractivity (Wildman–Crippen MR) is 101 cm³/mol. The van der Waals surface area contributed by atoms with Crippen molar-refractivity contribution in [3.8, 4) is 0 Å². The molecule has 4 amide bonds. The van der Waals surface area contributed by atoms with E-state index in [1.165, 1.54) is 19.0 Å². The Bertz CT molecular complexity index is 587. The minimum absolute atomic E-state index is 0.458. The third-order valence-electron chi connectivity index (χ3n) is 5.14. The van der Waals surface area contributed by atoms with Crippen molar-refractivity contribution in [2.75, 3.05) is 34.2 Å². The Kier molecular flexibility index (Phi) is 6.67. The van der Waals surface area contributed by atoms with Crippen molar-refractivity contribution in [1.82, 2.24) is 19.6 Å². The van der Waals surface area contributed by atoms with Crippen LogP contribution in [0.3, 0.4) is 0 Å². The van der Waals surface area contributed by atoms with Crippen LogP contribution in [0.25, 0.3) is 0 Å². The van der Waals surface area contributed by atoms with Crippen molar-refractivity contribution in [2.45, 2.75) is 58.1 Å². The third kappa shape index (κ3) is 3.59. The first-order chi connectivity index (χ1) is 12.8. The smallest absolute Gasteiger partial charge is 0.342 e. The molecule has 9 heteroatoms. The van der Waals surface area contributed by atoms with Crippen LogP contribution in [0.15, 0.2) is 5.16 Å². The van der Waals surface area contributed by atoms with Crippen LogP contribution in [0.5, 0.6) is 0 Å². The zero-order chi connectivity index (χ0) is 20.2. The summed E-state index contributed by atoms with van der Waals surface area (Å²) in [5.41, 5.74) is -1.94. The van der Waals surface area contributed by atoms with E-state index >= 15 is 0 Å². The molecule has 0 aromatic rings. The Balaban J connectivity index is 2.24. The number of unbranched alkanes of at least 4 members (excludes halogenated alkanes) is 4. The van der Waals surface area contributed by atoms with Gasteiger partial charge in [0.25, 0.3) is 0 Å². The summed E-state index contributed by atoms with van der Waals surface area (Å²) < 4.78 is 0. The largest absolute Gasteiger partial charge is 0.370 e. The number of likely N-dealkylation sites (N-methyl/N-ethyl adjacent to an activating group) is 3. The summed E-state index contributed by atoms with van der Waals surface area (Å²) in [5.74, 6) is -0.988. The van der Waals surface area contributed by atoms with Crippen molar-refractivity contribution in [1.29, 1.82) is 0 Å². The topological polar surface area (TPSA) is 85.8 Å². The van der Waals surface area contributed by atoms with Gasteiger partial charge in [0, 0.05) is 34.2 Å². The number of carbonyl (C=O) groups is 3. The Labute approximate surface area is 160 Å². The van der Waals surface area contributed by atoms with Crippen LogP contribution in [-0.2, 0) is 14.4 Å². The van der Waals surface area contributed by atoms with Crippen molar-refractivity contribution < 1.29 is 19.2 Å². The Morgan fingerprint density at radius 3 is 1.81 bits per heavy atom. The molecular formula is C18H31N5O4. The molecule has 0 aromatic carbocycles. The van der Waals surface area contributed by atoms with Gasteiger partial charge in [0.2, 0.25) is 5.96 Å². The minimum Gasteiger partial charge on any atom is -0.342 e. The highest BCUT2D eigenvalue weighted by molar-refractivity contribution is 6.22. The monoisotopic (exact) mass is 381 g/mol. The normalized spacial score (nSPS) is 19.1. The molecule has 1 spiro atoms. The van der Waals surface area contributed by atoms with Crippen molar-refractivity contribution >= 4 is 23.8 Å². The molecule has 0 N–H and O–H groups in total. The molecule has 2 aliphatic rings. The second-order valence-electron chi connectivity index (χ2n) is 7.10. The van der Waals surface area contributed by atoms with Gasteiger partial charge < -0.3 is 9.74 Å². The first-order valence-corrected chi connectivity index (χ1v) is 9.68. The standard InChI is InChI=1S/C18H31N5O4/c1-6-8-10-12-23(13-11-9-7-2)16-19-27-18(22(16)5)14(24)20(3)17(26)21(4)15(18)25/h6-13H2,1-5H3. The van der Waals surface area contributed by atoms with Crippen molar-refractivity contribution in [3.63, 3.8) is 0 Å². The molecule has 0 aromatic heterocycles. The lowest BCUT2D eigenvalue weighted by Crippen LogP contribution is -2.73. The molecule has 1 fully saturated rings. The van der Waals surface area contributed by atoms with Gasteiger partial charge >= 0.3 is 23.6 Å². The average molecular weight is 381 g/mol. The van der Waals surface area contributed by atoms with Crippen LogP contribution >= 0.6 is 0 Å². The number of carbonyl (C=O) groups excluding carboxylic acids is 3. The van der Waals surface area contributed by atoms with E-state index in [0.717, 1.165) is 61.4 Å². The molecule has 2 rings (SSSR count). The molecule has 0 atom stereocenters. The van der Waals surface area contributed by atoms with Gasteiger partial charge in [-0.05, 0) is 18.0 Å². The number of rotatable bonds is 8. The second kappa shape index (κ2) is 8.58. The number of hydrogen-bond acceptors (Lipinski definition) is 7. The quantitative estimate of drug-likeness (QED) is 0.469. The molecule has 2 aliphatic heterocycles. The van der Waals surface area contributed by atoms with Gasteiger partial charge in [-0.25, -0.2) is 4.79 Å². The predicted octanol–water partition coefficient (Wildman–Crippen LogP) is 1.65. The number of oxime groups is 1. The fraction of sp³-hybridized carbons (Fsp3) is 0.778. The lowest BCUT2D eigenvalue weighted by Gasteiger charge is -2.41. The highest BCUT2D eigenvalue weighted by atomic mass is 16.7. The third-order valence-corrected chi connectivity index (χ3v) is 5.14. The molecular weight excluding hydrogens is 350 g/mol. The van der Waals surface area contributed by atoms with Gasteiger partial charge in [0.05, 0.1) is 0 Å². The maximum Gasteiger partial charge on any atom is 0.370 e. The van der Waals surface area contributed by atoms with Crippen LogP contribution in [0, 0.1) is 0 Å². The fourth-order valence-electron chi connectivity index (χ4n) is 3.37. The molecule has 1 saturated heterocycles. The lowest BCUT2D eigenvalue weighted by molar-refractivity contribution is -0.186. The summed E-state index contributed by atoms with van der Waals surface area (Å²) in [6, 6.07) is -0.677. The first kappa shape index (κ1) is 21.0. The van der Waals surface area contributed by atoms with E-state index in [0.29, 0.717) is 5.96 Å². The van der Waals surface area contributed by atoms with Crippen LogP contribution in [0.2, 0.25) is 0 Å². The highest BCUT2D eigenvalue weighted by Crippen LogP contribution is 2.32. The zero-order valence-electron chi connectivity index (χ0n) is 17.0. The molecule has 0 aliphatic carbocycles. The van der Waals surface area contributed by atoms with E-state index < -0.39 is 23.6 Å². The number of guanidine groups is 1. The fourth-order valence-corrected chi connectivity index (χ4v) is 3.37. The zero-order valence-corrected chi connectivity index (χ0v) is 17.0. The number of imide groups is 2. The van der Waals surface area contributed by atoms with Gasteiger partial charge in [0.15, 0.2) is 0 Å². The van der Waals surface area contributed by atoms with E-state index in [4.69, 9.17) is 4.84 Å². The molecule has 0 radical (unpaired) electrons. The lowest BCUT2D eigenvalue weighted by atomic mass is 10.1. The summed E-state index contributed by atoms with van der Waals surface area (Å²) in [7, 11) is 4.29. The Morgan fingerprint density at radius 1 is 0.889 bits per heavy atom. The maximum atomic E-state index is 12.8. The van der Waals surface area contributed by atoms with Crippen LogP contribution in [0.1, 0.15) is 52.4 Å². The Hall–Kier alpha value is -2.32. The number of urea groups is 1. The molecule has 27 heavy (non-hydrogen) atoms. The molecule has 0 unspecified atom stereocenters. The summed E-state index contributed by atoms with van der Waals surface area (Å²) in [5, 5.41) is 4.11. The number of hydrogen-bond donors (Lipinski definition) is 0. The van der Waals surface area contributed by atoms with E-state index in [9.17, 15) is 14.4 Å². The number of amides is 4. The van der Waals surface area contributed by atoms with Crippen molar-refractivity contribution in [3.05, 3.63) is 0 Å². The van der Waals surface area contributed by atoms with Crippen LogP contribution < -0.4 is 0 Å². The van der Waals surface area contributed by atoms with Crippen LogP contribution in [0.4, 0.5) is 4.79 Å². The van der Waals surface area contributed by atoms with E-state index in [-0.39, 0.29) is 0 Å². The highest BCUT2D eigenvalue weighted by Gasteiger charge is 2.65. The minimum atomic E-state index is -1.94. The van der Waals surface area contributed by atoms with E-state index in [2.05, 4.69) is 23.9 Å². The molecule has 0 bridgehead atoms.